The number of nitrogens with zero attached hydrogens (tertiary/aromatic N) is 3. The Morgan fingerprint density at radius 2 is 2.07 bits per heavy atom. The molecule has 4 rings (SSSR count). The summed E-state index contributed by atoms with van der Waals surface area (Å²) in [5, 5.41) is 0.518. The molecule has 0 aliphatic carbocycles. The molecule has 0 saturated carbocycles. The van der Waals surface area contributed by atoms with Crippen molar-refractivity contribution < 1.29 is 23.4 Å². The van der Waals surface area contributed by atoms with Gasteiger partial charge in [0.05, 0.1) is 23.4 Å². The summed E-state index contributed by atoms with van der Waals surface area (Å²) in [7, 11) is 0. The number of thiazole rings is 1. The zero-order valence-corrected chi connectivity index (χ0v) is 16.8. The highest BCUT2D eigenvalue weighted by atomic mass is 35.5. The van der Waals surface area contributed by atoms with Crippen LogP contribution in [0.25, 0.3) is 10.2 Å². The molecule has 0 N–H and O–H groups in total. The third-order valence-electron chi connectivity index (χ3n) is 4.42. The molecule has 1 aromatic carbocycles. The third-order valence-corrected chi connectivity index (χ3v) is 5.46. The van der Waals surface area contributed by atoms with E-state index in [1.807, 2.05) is 0 Å². The quantitative estimate of drug-likeness (QED) is 0.727. The van der Waals surface area contributed by atoms with E-state index in [0.29, 0.717) is 54.9 Å². The Kier molecular flexibility index (Phi) is 7.06. The number of benzene rings is 1. The van der Waals surface area contributed by atoms with Crippen molar-refractivity contribution in [1.29, 1.82) is 0 Å². The smallest absolute Gasteiger partial charge is 0.298 e. The minimum atomic E-state index is -0.324. The average molecular weight is 430 g/mol. The molecule has 0 unspecified atom stereocenters. The van der Waals surface area contributed by atoms with Crippen molar-refractivity contribution in [1.82, 2.24) is 9.88 Å². The maximum absolute atomic E-state index is 13.5. The van der Waals surface area contributed by atoms with Gasteiger partial charge in [-0.15, -0.1) is 12.4 Å². The van der Waals surface area contributed by atoms with Crippen LogP contribution in [0.1, 0.15) is 0 Å². The molecule has 0 radical (unpaired) electrons. The maximum atomic E-state index is 13.5. The summed E-state index contributed by atoms with van der Waals surface area (Å²) in [6.07, 6.45) is 1.35. The Morgan fingerprint density at radius 3 is 2.82 bits per heavy atom. The summed E-state index contributed by atoms with van der Waals surface area (Å²) in [6, 6.07) is 4.42. The van der Waals surface area contributed by atoms with Crippen LogP contribution in [0.15, 0.2) is 30.2 Å². The summed E-state index contributed by atoms with van der Waals surface area (Å²) in [5.41, 5.74) is 0.662. The highest BCUT2D eigenvalue weighted by Gasteiger charge is 2.27. The lowest BCUT2D eigenvalue weighted by Gasteiger charge is -2.29. The molecule has 2 aromatic rings. The minimum absolute atomic E-state index is 0. The number of rotatable bonds is 5. The lowest BCUT2D eigenvalue weighted by molar-refractivity contribution is -0.119. The molecule has 0 atom stereocenters. The molecule has 152 valence electrons. The molecule has 10 heteroatoms. The SMILES string of the molecule is Cl.O=C(C1=COCCO1)N(CCN1CCOCC1)c1nc2ccc(F)cc2s1. The van der Waals surface area contributed by atoms with Crippen LogP contribution in [-0.2, 0) is 19.0 Å². The summed E-state index contributed by atoms with van der Waals surface area (Å²) >= 11 is 1.29. The molecule has 2 aliphatic heterocycles. The average Bonchev–Trinajstić information content (AvgIpc) is 3.12. The number of anilines is 1. The standard InChI is InChI=1S/C18H20FN3O4S.ClH/c19-13-1-2-14-16(11-13)27-18(20-14)22(4-3-21-5-7-24-8-6-21)17(23)15-12-25-9-10-26-15;/h1-2,11-12H,3-10H2;1H. The molecular weight excluding hydrogens is 409 g/mol. The fourth-order valence-corrected chi connectivity index (χ4v) is 3.98. The van der Waals surface area contributed by atoms with Crippen molar-refractivity contribution in [3.63, 3.8) is 0 Å². The van der Waals surface area contributed by atoms with Gasteiger partial charge in [-0.05, 0) is 18.2 Å². The van der Waals surface area contributed by atoms with E-state index in [4.69, 9.17) is 14.2 Å². The van der Waals surface area contributed by atoms with Gasteiger partial charge in [0, 0.05) is 26.2 Å². The largest absolute Gasteiger partial charge is 0.494 e. The van der Waals surface area contributed by atoms with Crippen LogP contribution >= 0.6 is 23.7 Å². The number of carbonyl (C=O) groups is 1. The maximum Gasteiger partial charge on any atom is 0.298 e. The van der Waals surface area contributed by atoms with Crippen LogP contribution in [0.2, 0.25) is 0 Å². The summed E-state index contributed by atoms with van der Waals surface area (Å²) in [5.74, 6) is -0.466. The lowest BCUT2D eigenvalue weighted by Crippen LogP contribution is -2.44. The van der Waals surface area contributed by atoms with Crippen molar-refractivity contribution in [2.24, 2.45) is 0 Å². The first kappa shape index (κ1) is 20.8. The molecular formula is C18H21ClFN3O4S. The highest BCUT2D eigenvalue weighted by Crippen LogP contribution is 2.30. The molecule has 28 heavy (non-hydrogen) atoms. The molecule has 1 aromatic heterocycles. The monoisotopic (exact) mass is 429 g/mol. The normalized spacial score (nSPS) is 17.2. The first-order valence-electron chi connectivity index (χ1n) is 8.83. The van der Waals surface area contributed by atoms with E-state index < -0.39 is 0 Å². The number of hydrogen-bond donors (Lipinski definition) is 0. The molecule has 1 saturated heterocycles. The minimum Gasteiger partial charge on any atom is -0.494 e. The van der Waals surface area contributed by atoms with Gasteiger partial charge in [-0.25, -0.2) is 9.37 Å². The van der Waals surface area contributed by atoms with Crippen LogP contribution in [0.5, 0.6) is 0 Å². The van der Waals surface area contributed by atoms with Crippen molar-refractivity contribution >= 4 is 45.0 Å². The van der Waals surface area contributed by atoms with E-state index in [1.54, 1.807) is 11.0 Å². The molecule has 1 amide bonds. The fraction of sp³-hybridized carbons (Fsp3) is 0.444. The summed E-state index contributed by atoms with van der Waals surface area (Å²) < 4.78 is 30.3. The van der Waals surface area contributed by atoms with E-state index in [0.717, 1.165) is 13.1 Å². The molecule has 0 spiro atoms. The fourth-order valence-electron chi connectivity index (χ4n) is 2.97. The van der Waals surface area contributed by atoms with E-state index in [2.05, 4.69) is 9.88 Å². The Balaban J connectivity index is 0.00000225. The number of fused-ring (bicyclic) bond motifs is 1. The van der Waals surface area contributed by atoms with Gasteiger partial charge in [0.15, 0.2) is 5.13 Å². The zero-order chi connectivity index (χ0) is 18.6. The van der Waals surface area contributed by atoms with Crippen molar-refractivity contribution in [3.05, 3.63) is 36.0 Å². The number of halogens is 2. The van der Waals surface area contributed by atoms with Crippen LogP contribution < -0.4 is 4.90 Å². The predicted octanol–water partition coefficient (Wildman–Crippen LogP) is 2.41. The first-order valence-corrected chi connectivity index (χ1v) is 9.65. The van der Waals surface area contributed by atoms with E-state index in [1.165, 1.54) is 29.7 Å². The van der Waals surface area contributed by atoms with E-state index >= 15 is 0 Å². The number of amides is 1. The number of aromatic nitrogens is 1. The Hall–Kier alpha value is -1.94. The highest BCUT2D eigenvalue weighted by molar-refractivity contribution is 7.22. The van der Waals surface area contributed by atoms with Crippen molar-refractivity contribution in [2.45, 2.75) is 0 Å². The molecule has 0 bridgehead atoms. The van der Waals surface area contributed by atoms with E-state index in [-0.39, 0.29) is 29.9 Å². The number of hydrogen-bond acceptors (Lipinski definition) is 7. The van der Waals surface area contributed by atoms with Crippen molar-refractivity contribution in [2.75, 3.05) is 57.5 Å². The second-order valence-electron chi connectivity index (χ2n) is 6.22. The first-order chi connectivity index (χ1) is 13.2. The van der Waals surface area contributed by atoms with Crippen LogP contribution in [0.3, 0.4) is 0 Å². The van der Waals surface area contributed by atoms with Gasteiger partial charge >= 0.3 is 0 Å². The number of morpholine rings is 1. The summed E-state index contributed by atoms with van der Waals surface area (Å²) in [4.78, 5) is 21.4. The Bertz CT molecular complexity index is 856. The summed E-state index contributed by atoms with van der Waals surface area (Å²) in [6.45, 7) is 4.93. The lowest BCUT2D eigenvalue weighted by atomic mass is 10.3. The van der Waals surface area contributed by atoms with Gasteiger partial charge in [0.2, 0.25) is 5.76 Å². The Morgan fingerprint density at radius 1 is 1.25 bits per heavy atom. The van der Waals surface area contributed by atoms with Crippen LogP contribution in [-0.4, -0.2) is 68.4 Å². The van der Waals surface area contributed by atoms with Gasteiger partial charge in [-0.1, -0.05) is 11.3 Å². The topological polar surface area (TPSA) is 64.1 Å². The molecule has 2 aliphatic rings. The van der Waals surface area contributed by atoms with Crippen LogP contribution in [0.4, 0.5) is 9.52 Å². The van der Waals surface area contributed by atoms with E-state index in [9.17, 15) is 9.18 Å². The van der Waals surface area contributed by atoms with Gasteiger partial charge in [0.1, 0.15) is 25.3 Å². The second kappa shape index (κ2) is 9.51. The molecule has 3 heterocycles. The van der Waals surface area contributed by atoms with Gasteiger partial charge in [-0.3, -0.25) is 14.6 Å². The van der Waals surface area contributed by atoms with Crippen molar-refractivity contribution in [3.8, 4) is 0 Å². The zero-order valence-electron chi connectivity index (χ0n) is 15.1. The number of ether oxygens (including phenoxy) is 3. The van der Waals surface area contributed by atoms with Gasteiger partial charge in [0.25, 0.3) is 5.91 Å². The van der Waals surface area contributed by atoms with Gasteiger partial charge in [-0.2, -0.15) is 0 Å². The Labute approximate surface area is 172 Å². The third kappa shape index (κ3) is 4.72. The predicted molar refractivity (Wildman–Crippen MR) is 106 cm³/mol. The molecule has 7 nitrogen and oxygen atoms in total. The van der Waals surface area contributed by atoms with Gasteiger partial charge < -0.3 is 14.2 Å². The second-order valence-corrected chi connectivity index (χ2v) is 7.23. The molecule has 1 fully saturated rings. The number of carbonyl (C=O) groups excluding carboxylic acids is 1. The van der Waals surface area contributed by atoms with Crippen LogP contribution in [0, 0.1) is 5.82 Å².